The largest absolute Gasteiger partial charge is 0.379 e. The highest BCUT2D eigenvalue weighted by Crippen LogP contribution is 2.33. The summed E-state index contributed by atoms with van der Waals surface area (Å²) in [7, 11) is -3.75. The number of carbonyl (C=O) groups is 1. The first-order chi connectivity index (χ1) is 19.2. The third kappa shape index (κ3) is 5.53. The van der Waals surface area contributed by atoms with Crippen molar-refractivity contribution < 1.29 is 22.3 Å². The molecule has 5 rings (SSSR count). The Balaban J connectivity index is 1.44. The molecule has 0 aliphatic carbocycles. The van der Waals surface area contributed by atoms with Gasteiger partial charge >= 0.3 is 0 Å². The van der Waals surface area contributed by atoms with Crippen LogP contribution in [0.2, 0.25) is 0 Å². The monoisotopic (exact) mass is 567 g/mol. The topological polar surface area (TPSA) is 142 Å². The predicted molar refractivity (Wildman–Crippen MR) is 150 cm³/mol. The summed E-state index contributed by atoms with van der Waals surface area (Å²) in [6.45, 7) is 6.44. The van der Waals surface area contributed by atoms with E-state index in [9.17, 15) is 17.6 Å². The van der Waals surface area contributed by atoms with Gasteiger partial charge in [0.15, 0.2) is 15.7 Å². The first-order valence-corrected chi connectivity index (χ1v) is 14.7. The Kier molecular flexibility index (Phi) is 7.79. The highest BCUT2D eigenvalue weighted by atomic mass is 32.2. The molecule has 3 N–H and O–H groups in total. The van der Waals surface area contributed by atoms with Crippen molar-refractivity contribution in [2.45, 2.75) is 31.2 Å². The van der Waals surface area contributed by atoms with Crippen LogP contribution in [0.15, 0.2) is 47.9 Å². The maximum absolute atomic E-state index is 14.9. The van der Waals surface area contributed by atoms with Gasteiger partial charge in [-0.2, -0.15) is 0 Å². The molecule has 1 aliphatic heterocycles. The van der Waals surface area contributed by atoms with Crippen LogP contribution in [0.4, 0.5) is 21.7 Å². The minimum atomic E-state index is -3.75. The molecule has 3 aromatic heterocycles. The minimum absolute atomic E-state index is 0.0610. The molecule has 210 valence electrons. The summed E-state index contributed by atoms with van der Waals surface area (Å²) in [6, 6.07) is 3.78. The number of pyridine rings is 1. The van der Waals surface area contributed by atoms with Gasteiger partial charge in [-0.3, -0.25) is 14.7 Å². The molecule has 13 heteroatoms. The van der Waals surface area contributed by atoms with Crippen molar-refractivity contribution in [2.24, 2.45) is 0 Å². The van der Waals surface area contributed by atoms with E-state index in [0.29, 0.717) is 55.2 Å². The van der Waals surface area contributed by atoms with Crippen molar-refractivity contribution in [3.8, 4) is 11.3 Å². The molecule has 1 amide bonds. The summed E-state index contributed by atoms with van der Waals surface area (Å²) in [5.41, 5.74) is 3.21. The van der Waals surface area contributed by atoms with E-state index in [1.807, 2.05) is 13.8 Å². The molecule has 0 spiro atoms. The quantitative estimate of drug-likeness (QED) is 0.291. The summed E-state index contributed by atoms with van der Waals surface area (Å²) in [6.07, 6.45) is 8.25. The van der Waals surface area contributed by atoms with Crippen LogP contribution in [0.5, 0.6) is 0 Å². The molecule has 0 bridgehead atoms. The van der Waals surface area contributed by atoms with Crippen molar-refractivity contribution in [3.05, 3.63) is 54.4 Å². The standard InChI is InChI=1S/C27H30FN7O4S/c1-4-21(35-8-10-39-11-9-35)26(36)32-20-15-29-13-17-18(14-30-25(17)20)24-16(2)12-31-27(34-24)33-19-6-5-7-22(23(19)28)40(3,37)38/h5-7,12-15,21,30H,4,8-11H2,1-3H3,(H,32,36)(H,31,33,34)/t21-/m1/s1. The number of rotatable bonds is 8. The van der Waals surface area contributed by atoms with Crippen molar-refractivity contribution in [1.82, 2.24) is 24.8 Å². The van der Waals surface area contributed by atoms with E-state index in [0.717, 1.165) is 17.2 Å². The molecule has 1 aliphatic rings. The van der Waals surface area contributed by atoms with E-state index in [1.54, 1.807) is 24.8 Å². The van der Waals surface area contributed by atoms with Crippen LogP contribution in [-0.2, 0) is 19.4 Å². The molecule has 0 saturated carbocycles. The first-order valence-electron chi connectivity index (χ1n) is 12.8. The molecule has 1 saturated heterocycles. The molecule has 11 nitrogen and oxygen atoms in total. The fourth-order valence-electron chi connectivity index (χ4n) is 4.84. The fourth-order valence-corrected chi connectivity index (χ4v) is 5.60. The number of aromatic nitrogens is 4. The molecule has 4 aromatic rings. The van der Waals surface area contributed by atoms with Gasteiger partial charge < -0.3 is 20.4 Å². The molecular weight excluding hydrogens is 537 g/mol. The number of H-pyrrole nitrogens is 1. The second-order valence-corrected chi connectivity index (χ2v) is 11.6. The second kappa shape index (κ2) is 11.3. The third-order valence-electron chi connectivity index (χ3n) is 6.87. The number of carbonyl (C=O) groups excluding carboxylic acids is 1. The lowest BCUT2D eigenvalue weighted by molar-refractivity contribution is -0.123. The minimum Gasteiger partial charge on any atom is -0.379 e. The van der Waals surface area contributed by atoms with Crippen molar-refractivity contribution in [1.29, 1.82) is 0 Å². The lowest BCUT2D eigenvalue weighted by atomic mass is 10.1. The molecule has 0 unspecified atom stereocenters. The van der Waals surface area contributed by atoms with Crippen LogP contribution in [-0.4, -0.2) is 77.8 Å². The summed E-state index contributed by atoms with van der Waals surface area (Å²) in [5, 5.41) is 6.55. The zero-order chi connectivity index (χ0) is 28.4. The molecule has 1 fully saturated rings. The van der Waals surface area contributed by atoms with E-state index >= 15 is 0 Å². The normalized spacial score (nSPS) is 15.2. The number of aromatic amines is 1. The predicted octanol–water partition coefficient (Wildman–Crippen LogP) is 3.66. The SMILES string of the molecule is CC[C@H](C(=O)Nc1cncc2c(-c3nc(Nc4cccc(S(C)(=O)=O)c4F)ncc3C)c[nH]c12)N1CCOCC1. The number of nitrogens with zero attached hydrogens (tertiary/aromatic N) is 4. The lowest BCUT2D eigenvalue weighted by Crippen LogP contribution is -2.49. The van der Waals surface area contributed by atoms with Gasteiger partial charge in [-0.25, -0.2) is 22.8 Å². The van der Waals surface area contributed by atoms with Gasteiger partial charge in [-0.05, 0) is 31.0 Å². The Morgan fingerprint density at radius 3 is 2.70 bits per heavy atom. The summed E-state index contributed by atoms with van der Waals surface area (Å²) >= 11 is 0. The number of benzene rings is 1. The van der Waals surface area contributed by atoms with Crippen LogP contribution in [0.3, 0.4) is 0 Å². The van der Waals surface area contributed by atoms with Gasteiger partial charge in [0.2, 0.25) is 11.9 Å². The van der Waals surface area contributed by atoms with E-state index in [2.05, 4.69) is 35.5 Å². The van der Waals surface area contributed by atoms with Gasteiger partial charge in [0.25, 0.3) is 0 Å². The lowest BCUT2D eigenvalue weighted by Gasteiger charge is -2.32. The third-order valence-corrected chi connectivity index (χ3v) is 7.98. The number of ether oxygens (including phenoxy) is 1. The van der Waals surface area contributed by atoms with Gasteiger partial charge in [0, 0.05) is 48.9 Å². The van der Waals surface area contributed by atoms with E-state index < -0.39 is 20.5 Å². The maximum Gasteiger partial charge on any atom is 0.241 e. The Morgan fingerprint density at radius 2 is 1.98 bits per heavy atom. The number of morpholine rings is 1. The zero-order valence-corrected chi connectivity index (χ0v) is 23.2. The van der Waals surface area contributed by atoms with E-state index in [4.69, 9.17) is 4.74 Å². The number of halogens is 1. The van der Waals surface area contributed by atoms with E-state index in [-0.39, 0.29) is 23.6 Å². The molecular formula is C27H30FN7O4S. The van der Waals surface area contributed by atoms with Crippen LogP contribution in [0, 0.1) is 12.7 Å². The van der Waals surface area contributed by atoms with Crippen LogP contribution >= 0.6 is 0 Å². The molecule has 1 atom stereocenters. The maximum atomic E-state index is 14.9. The number of anilines is 3. The van der Waals surface area contributed by atoms with Gasteiger partial charge in [-0.1, -0.05) is 13.0 Å². The Labute approximate surface area is 231 Å². The zero-order valence-electron chi connectivity index (χ0n) is 22.4. The molecule has 40 heavy (non-hydrogen) atoms. The number of hydrogen-bond donors (Lipinski definition) is 3. The Morgan fingerprint density at radius 1 is 1.20 bits per heavy atom. The smallest absolute Gasteiger partial charge is 0.241 e. The number of sulfone groups is 1. The van der Waals surface area contributed by atoms with Crippen LogP contribution in [0.25, 0.3) is 22.2 Å². The summed E-state index contributed by atoms with van der Waals surface area (Å²) in [5.74, 6) is -0.930. The fraction of sp³-hybridized carbons (Fsp3) is 0.333. The number of nitrogens with one attached hydrogen (secondary N) is 3. The number of amides is 1. The first kappa shape index (κ1) is 27.6. The number of aryl methyl sites for hydroxylation is 1. The number of hydrogen-bond acceptors (Lipinski definition) is 9. The molecule has 1 aromatic carbocycles. The van der Waals surface area contributed by atoms with Gasteiger partial charge in [-0.15, -0.1) is 0 Å². The van der Waals surface area contributed by atoms with Crippen molar-refractivity contribution >= 4 is 44.0 Å². The Hall–Kier alpha value is -3.94. The van der Waals surface area contributed by atoms with Crippen LogP contribution < -0.4 is 10.6 Å². The molecule has 0 radical (unpaired) electrons. The average Bonchev–Trinajstić information content (AvgIpc) is 3.36. The second-order valence-electron chi connectivity index (χ2n) is 9.61. The summed E-state index contributed by atoms with van der Waals surface area (Å²) in [4.78, 5) is 31.4. The van der Waals surface area contributed by atoms with Crippen molar-refractivity contribution in [3.63, 3.8) is 0 Å². The highest BCUT2D eigenvalue weighted by Gasteiger charge is 2.27. The van der Waals surface area contributed by atoms with Gasteiger partial charge in [0.1, 0.15) is 4.90 Å². The Bertz CT molecular complexity index is 1670. The van der Waals surface area contributed by atoms with Crippen molar-refractivity contribution in [2.75, 3.05) is 43.2 Å². The van der Waals surface area contributed by atoms with Crippen LogP contribution in [0.1, 0.15) is 18.9 Å². The molecule has 4 heterocycles. The highest BCUT2D eigenvalue weighted by molar-refractivity contribution is 7.90. The average molecular weight is 568 g/mol. The number of fused-ring (bicyclic) bond motifs is 1. The van der Waals surface area contributed by atoms with Gasteiger partial charge in [0.05, 0.1) is 48.0 Å². The summed E-state index contributed by atoms with van der Waals surface area (Å²) < 4.78 is 44.2. The van der Waals surface area contributed by atoms with E-state index in [1.165, 1.54) is 18.2 Å².